The molecule has 0 saturated carbocycles. The molecule has 0 radical (unpaired) electrons. The summed E-state index contributed by atoms with van der Waals surface area (Å²) in [5, 5.41) is 9.16. The van der Waals surface area contributed by atoms with Crippen LogP contribution in [0, 0.1) is 0 Å². The molecule has 0 fully saturated rings. The maximum absolute atomic E-state index is 6.69. The lowest BCUT2D eigenvalue weighted by molar-refractivity contribution is 0.589. The molecule has 4 heteroatoms. The van der Waals surface area contributed by atoms with E-state index in [1.807, 2.05) is 0 Å². The number of fused-ring (bicyclic) bond motifs is 15. The van der Waals surface area contributed by atoms with E-state index in [4.69, 9.17) is 4.42 Å². The average molecular weight is 911 g/mol. The van der Waals surface area contributed by atoms with Crippen molar-refractivity contribution in [3.8, 4) is 39.1 Å². The highest BCUT2D eigenvalue weighted by Crippen LogP contribution is 2.59. The number of nitrogens with one attached hydrogen (secondary N) is 1. The molecule has 1 N–H and O–H groups in total. The standard InChI is InChI=1S/C66H63BN2O/c1-62(2,3)36-22-26-39(27-23-36)68-51-34-49-43(42-30-37(63(4,5)6)24-28-48(42)65(49,10)11)32-45(51)57-56-41-19-14-16-20-47(41)66(12,13)59(56)58-46-31-38(64(7,8)9)25-29-52(46)69-53-35-55-44(33-50(53)67-60(57)61(58)69)40-18-15-17-21-54(40)70-55/h14-35,67-68H,1-13H3. The smallest absolute Gasteiger partial charge is 0.198 e. The Bertz CT molecular complexity index is 3920. The monoisotopic (exact) mass is 911 g/mol. The van der Waals surface area contributed by atoms with E-state index in [1.165, 1.54) is 116 Å². The molecule has 0 bridgehead atoms. The van der Waals surface area contributed by atoms with E-state index >= 15 is 0 Å². The van der Waals surface area contributed by atoms with Gasteiger partial charge in [-0.3, -0.25) is 0 Å². The van der Waals surface area contributed by atoms with Gasteiger partial charge in [-0.2, -0.15) is 0 Å². The zero-order valence-corrected chi connectivity index (χ0v) is 43.3. The van der Waals surface area contributed by atoms with Crippen LogP contribution in [0.2, 0.25) is 0 Å². The first-order valence-electron chi connectivity index (χ1n) is 25.5. The van der Waals surface area contributed by atoms with Crippen LogP contribution in [0.5, 0.6) is 0 Å². The molecular weight excluding hydrogens is 848 g/mol. The van der Waals surface area contributed by atoms with Crippen LogP contribution < -0.4 is 16.2 Å². The fourth-order valence-electron chi connectivity index (χ4n) is 12.9. The van der Waals surface area contributed by atoms with Crippen LogP contribution in [0.1, 0.15) is 129 Å². The molecule has 8 aromatic carbocycles. The van der Waals surface area contributed by atoms with Gasteiger partial charge in [-0.1, -0.05) is 180 Å². The SMILES string of the molecule is CC(C)(C)c1ccc(Nc2cc3c(cc2-c2c4c(c5c6cc(C(C)(C)C)ccc6n6c5c2Bc2cc5c(cc2-6)oc2ccccc25)C(C)(C)c2ccccc2-4)-c2cc(C(C)(C)C)ccc2C3(C)C)cc1. The third-order valence-corrected chi connectivity index (χ3v) is 16.8. The lowest BCUT2D eigenvalue weighted by Gasteiger charge is -2.29. The van der Waals surface area contributed by atoms with E-state index in [1.54, 1.807) is 0 Å². The molecule has 3 heterocycles. The summed E-state index contributed by atoms with van der Waals surface area (Å²) >= 11 is 0. The summed E-state index contributed by atoms with van der Waals surface area (Å²) in [7, 11) is 0.780. The zero-order chi connectivity index (χ0) is 48.8. The minimum absolute atomic E-state index is 0.0101. The molecule has 346 valence electrons. The molecule has 13 rings (SSSR count). The Balaban J connectivity index is 1.21. The van der Waals surface area contributed by atoms with Gasteiger partial charge in [0.2, 0.25) is 0 Å². The molecule has 2 aliphatic carbocycles. The summed E-state index contributed by atoms with van der Waals surface area (Å²) in [6.07, 6.45) is 0. The van der Waals surface area contributed by atoms with Crippen LogP contribution in [-0.4, -0.2) is 11.8 Å². The van der Waals surface area contributed by atoms with E-state index in [0.717, 1.165) is 35.2 Å². The fraction of sp³-hybridized carbons (Fsp3) is 0.273. The summed E-state index contributed by atoms with van der Waals surface area (Å²) < 4.78 is 9.32. The van der Waals surface area contributed by atoms with Gasteiger partial charge in [-0.15, -0.1) is 0 Å². The number of furan rings is 1. The number of benzene rings is 8. The molecule has 2 aromatic heterocycles. The van der Waals surface area contributed by atoms with Crippen LogP contribution in [-0.2, 0) is 27.1 Å². The second kappa shape index (κ2) is 14.0. The maximum atomic E-state index is 6.69. The van der Waals surface area contributed by atoms with Gasteiger partial charge < -0.3 is 14.3 Å². The van der Waals surface area contributed by atoms with Gasteiger partial charge >= 0.3 is 0 Å². The largest absolute Gasteiger partial charge is 0.456 e. The van der Waals surface area contributed by atoms with Gasteiger partial charge in [0.15, 0.2) is 7.28 Å². The molecule has 0 spiro atoms. The summed E-state index contributed by atoms with van der Waals surface area (Å²) in [4.78, 5) is 0. The summed E-state index contributed by atoms with van der Waals surface area (Å²) in [6.45, 7) is 30.7. The molecule has 3 aliphatic rings. The van der Waals surface area contributed by atoms with Crippen molar-refractivity contribution in [1.82, 2.24) is 4.57 Å². The van der Waals surface area contributed by atoms with Crippen molar-refractivity contribution in [2.45, 2.75) is 117 Å². The van der Waals surface area contributed by atoms with E-state index in [2.05, 4.69) is 233 Å². The van der Waals surface area contributed by atoms with Gasteiger partial charge in [-0.05, 0) is 131 Å². The minimum Gasteiger partial charge on any atom is -0.456 e. The van der Waals surface area contributed by atoms with Gasteiger partial charge in [0.1, 0.15) is 11.2 Å². The Labute approximate surface area is 414 Å². The summed E-state index contributed by atoms with van der Waals surface area (Å²) in [6, 6.07) is 51.5. The first kappa shape index (κ1) is 43.3. The van der Waals surface area contributed by atoms with Crippen molar-refractivity contribution in [3.63, 3.8) is 0 Å². The second-order valence-electron chi connectivity index (χ2n) is 25.1. The van der Waals surface area contributed by atoms with Crippen molar-refractivity contribution in [2.24, 2.45) is 0 Å². The summed E-state index contributed by atoms with van der Waals surface area (Å²) in [5.41, 5.74) is 27.6. The van der Waals surface area contributed by atoms with Gasteiger partial charge in [0, 0.05) is 66.6 Å². The molecule has 70 heavy (non-hydrogen) atoms. The van der Waals surface area contributed by atoms with E-state index in [-0.39, 0.29) is 27.1 Å². The molecular formula is C66H63BN2O. The summed E-state index contributed by atoms with van der Waals surface area (Å²) in [5.74, 6) is 0. The highest BCUT2D eigenvalue weighted by Gasteiger charge is 2.44. The topological polar surface area (TPSA) is 30.1 Å². The van der Waals surface area contributed by atoms with Crippen molar-refractivity contribution in [3.05, 3.63) is 172 Å². The first-order valence-corrected chi connectivity index (χ1v) is 25.5. The third-order valence-electron chi connectivity index (χ3n) is 16.8. The zero-order valence-electron chi connectivity index (χ0n) is 43.3. The first-order chi connectivity index (χ1) is 33.1. The predicted molar refractivity (Wildman–Crippen MR) is 301 cm³/mol. The highest BCUT2D eigenvalue weighted by molar-refractivity contribution is 6.74. The Kier molecular flexibility index (Phi) is 8.63. The van der Waals surface area contributed by atoms with E-state index in [9.17, 15) is 0 Å². The number of hydrogen-bond donors (Lipinski definition) is 1. The third kappa shape index (κ3) is 5.95. The number of anilines is 2. The van der Waals surface area contributed by atoms with Crippen molar-refractivity contribution in [1.29, 1.82) is 0 Å². The van der Waals surface area contributed by atoms with Crippen LogP contribution in [0.25, 0.3) is 82.8 Å². The van der Waals surface area contributed by atoms with Crippen LogP contribution in [0.4, 0.5) is 11.4 Å². The maximum Gasteiger partial charge on any atom is 0.198 e. The van der Waals surface area contributed by atoms with Crippen LogP contribution in [0.15, 0.2) is 138 Å². The van der Waals surface area contributed by atoms with E-state index < -0.39 is 0 Å². The number of rotatable bonds is 3. The minimum atomic E-state index is -0.289. The fourth-order valence-corrected chi connectivity index (χ4v) is 12.9. The van der Waals surface area contributed by atoms with Crippen LogP contribution >= 0.6 is 0 Å². The highest BCUT2D eigenvalue weighted by atomic mass is 16.3. The van der Waals surface area contributed by atoms with Crippen LogP contribution in [0.3, 0.4) is 0 Å². The molecule has 1 aliphatic heterocycles. The van der Waals surface area contributed by atoms with Gasteiger partial charge in [-0.25, -0.2) is 0 Å². The predicted octanol–water partition coefficient (Wildman–Crippen LogP) is 16.3. The normalized spacial score (nSPS) is 15.3. The van der Waals surface area contributed by atoms with Crippen molar-refractivity contribution >= 4 is 73.3 Å². The van der Waals surface area contributed by atoms with Gasteiger partial charge in [0.25, 0.3) is 0 Å². The molecule has 0 unspecified atom stereocenters. The Morgan fingerprint density at radius 3 is 1.89 bits per heavy atom. The number of hydrogen-bond acceptors (Lipinski definition) is 2. The lowest BCUT2D eigenvalue weighted by Crippen LogP contribution is -2.38. The molecule has 10 aromatic rings. The number of para-hydroxylation sites is 1. The Morgan fingerprint density at radius 2 is 1.14 bits per heavy atom. The number of aromatic nitrogens is 1. The molecule has 0 amide bonds. The molecule has 0 saturated heterocycles. The Hall–Kier alpha value is -6.78. The van der Waals surface area contributed by atoms with Crippen molar-refractivity contribution in [2.75, 3.05) is 5.32 Å². The lowest BCUT2D eigenvalue weighted by atomic mass is 9.57. The molecule has 3 nitrogen and oxygen atoms in total. The van der Waals surface area contributed by atoms with Gasteiger partial charge in [0.05, 0.1) is 5.52 Å². The Morgan fingerprint density at radius 1 is 0.500 bits per heavy atom. The van der Waals surface area contributed by atoms with Crippen molar-refractivity contribution < 1.29 is 4.42 Å². The molecule has 0 atom stereocenters. The quantitative estimate of drug-likeness (QED) is 0.179. The second-order valence-corrected chi connectivity index (χ2v) is 25.1. The average Bonchev–Trinajstić information content (AvgIpc) is 3.98. The number of nitrogens with zero attached hydrogens (tertiary/aromatic N) is 1. The van der Waals surface area contributed by atoms with E-state index in [0.29, 0.717) is 0 Å².